The molecule has 1 aliphatic carbocycles. The number of piperidine rings is 1. The zero-order chi connectivity index (χ0) is 20.1. The Morgan fingerprint density at radius 2 is 2.03 bits per heavy atom. The quantitative estimate of drug-likeness (QED) is 0.664. The average molecular weight is 401 g/mol. The fraction of sp³-hybridized carbons (Fsp3) is 0.773. The van der Waals surface area contributed by atoms with Gasteiger partial charge in [0.1, 0.15) is 18.0 Å². The molecule has 1 amide bonds. The Hall–Kier alpha value is -1.89. The van der Waals surface area contributed by atoms with Crippen LogP contribution in [0.3, 0.4) is 0 Å². The Kier molecular flexibility index (Phi) is 6.85. The lowest BCUT2D eigenvalue weighted by Gasteiger charge is -2.33. The average Bonchev–Trinajstić information content (AvgIpc) is 3.44. The minimum atomic E-state index is 0.211. The molecule has 7 nitrogen and oxygen atoms in total. The summed E-state index contributed by atoms with van der Waals surface area (Å²) in [4.78, 5) is 26.1. The molecular formula is C22H36N6O. The van der Waals surface area contributed by atoms with Crippen molar-refractivity contribution in [3.05, 3.63) is 12.4 Å². The molecule has 0 unspecified atom stereocenters. The third-order valence-electron chi connectivity index (χ3n) is 6.64. The van der Waals surface area contributed by atoms with Gasteiger partial charge in [-0.2, -0.15) is 0 Å². The van der Waals surface area contributed by atoms with Gasteiger partial charge in [0.05, 0.1) is 0 Å². The van der Waals surface area contributed by atoms with Gasteiger partial charge < -0.3 is 15.5 Å². The zero-order valence-electron chi connectivity index (χ0n) is 17.8. The first-order chi connectivity index (χ1) is 14.2. The number of carbonyl (C=O) groups excluding carboxylic acids is 1. The third kappa shape index (κ3) is 5.81. The Morgan fingerprint density at radius 3 is 2.86 bits per heavy atom. The third-order valence-corrected chi connectivity index (χ3v) is 6.64. The van der Waals surface area contributed by atoms with E-state index < -0.39 is 0 Å². The van der Waals surface area contributed by atoms with E-state index in [0.29, 0.717) is 24.4 Å². The standard InChI is InChI=1S/C22H36N6O/c1-2-27-11-4-6-19(27)14-23-22(29)10-7-17-5-3-12-28(15-17)21-13-20(24-16-25-21)26-18-8-9-18/h13,16-19H,2-12,14-15H2,1H3,(H,23,29)(H,24,25,26)/t17-,19-/m1/s1. The van der Waals surface area contributed by atoms with Gasteiger partial charge in [0, 0.05) is 44.2 Å². The summed E-state index contributed by atoms with van der Waals surface area (Å²) >= 11 is 0. The topological polar surface area (TPSA) is 73.4 Å². The van der Waals surface area contributed by atoms with Crippen molar-refractivity contribution in [1.29, 1.82) is 0 Å². The van der Waals surface area contributed by atoms with E-state index in [4.69, 9.17) is 0 Å². The Balaban J connectivity index is 1.21. The van der Waals surface area contributed by atoms with Gasteiger partial charge >= 0.3 is 0 Å². The van der Waals surface area contributed by atoms with Crippen molar-refractivity contribution in [2.24, 2.45) is 5.92 Å². The van der Waals surface area contributed by atoms with E-state index in [9.17, 15) is 4.79 Å². The summed E-state index contributed by atoms with van der Waals surface area (Å²) in [6.07, 6.45) is 10.6. The van der Waals surface area contributed by atoms with E-state index >= 15 is 0 Å². The monoisotopic (exact) mass is 400 g/mol. The van der Waals surface area contributed by atoms with Crippen LogP contribution in [0, 0.1) is 5.92 Å². The van der Waals surface area contributed by atoms with Crippen molar-refractivity contribution in [2.75, 3.05) is 42.9 Å². The lowest BCUT2D eigenvalue weighted by molar-refractivity contribution is -0.121. The number of nitrogens with zero attached hydrogens (tertiary/aromatic N) is 4. The molecule has 1 aromatic heterocycles. The minimum Gasteiger partial charge on any atom is -0.367 e. The van der Waals surface area contributed by atoms with E-state index in [1.54, 1.807) is 6.33 Å². The predicted molar refractivity (Wildman–Crippen MR) is 116 cm³/mol. The highest BCUT2D eigenvalue weighted by Gasteiger charge is 2.25. The molecule has 4 rings (SSSR count). The van der Waals surface area contributed by atoms with Crippen LogP contribution in [0.5, 0.6) is 0 Å². The lowest BCUT2D eigenvalue weighted by atomic mass is 9.93. The van der Waals surface area contributed by atoms with Crippen LogP contribution in [0.25, 0.3) is 0 Å². The summed E-state index contributed by atoms with van der Waals surface area (Å²) in [7, 11) is 0. The minimum absolute atomic E-state index is 0.211. The maximum Gasteiger partial charge on any atom is 0.220 e. The molecule has 0 spiro atoms. The van der Waals surface area contributed by atoms with Crippen molar-refractivity contribution in [2.45, 2.75) is 70.4 Å². The number of nitrogens with one attached hydrogen (secondary N) is 2. The summed E-state index contributed by atoms with van der Waals surface area (Å²) in [6.45, 7) is 7.30. The fourth-order valence-electron chi connectivity index (χ4n) is 4.74. The molecule has 3 fully saturated rings. The first kappa shape index (κ1) is 20.4. The number of aromatic nitrogens is 2. The zero-order valence-corrected chi connectivity index (χ0v) is 17.8. The van der Waals surface area contributed by atoms with Crippen molar-refractivity contribution < 1.29 is 4.79 Å². The van der Waals surface area contributed by atoms with Crippen LogP contribution in [0.2, 0.25) is 0 Å². The van der Waals surface area contributed by atoms with Gasteiger partial charge in [-0.25, -0.2) is 9.97 Å². The maximum absolute atomic E-state index is 12.4. The molecule has 0 aromatic carbocycles. The maximum atomic E-state index is 12.4. The number of likely N-dealkylation sites (tertiary alicyclic amines) is 1. The van der Waals surface area contributed by atoms with Crippen molar-refractivity contribution >= 4 is 17.5 Å². The van der Waals surface area contributed by atoms with Crippen molar-refractivity contribution in [3.8, 4) is 0 Å². The van der Waals surface area contributed by atoms with Crippen LogP contribution in [-0.4, -0.2) is 65.6 Å². The van der Waals surface area contributed by atoms with Crippen LogP contribution in [0.1, 0.15) is 58.3 Å². The highest BCUT2D eigenvalue weighted by atomic mass is 16.1. The molecule has 29 heavy (non-hydrogen) atoms. The molecule has 2 saturated heterocycles. The molecule has 2 atom stereocenters. The number of hydrogen-bond donors (Lipinski definition) is 2. The van der Waals surface area contributed by atoms with Crippen molar-refractivity contribution in [1.82, 2.24) is 20.2 Å². The molecule has 7 heteroatoms. The van der Waals surface area contributed by atoms with Gasteiger partial charge in [-0.1, -0.05) is 6.92 Å². The number of rotatable bonds is 9. The van der Waals surface area contributed by atoms with E-state index in [2.05, 4.69) is 43.4 Å². The Bertz CT molecular complexity index is 679. The summed E-state index contributed by atoms with van der Waals surface area (Å²) in [5.41, 5.74) is 0. The number of likely N-dealkylation sites (N-methyl/N-ethyl adjacent to an activating group) is 1. The second-order valence-corrected chi connectivity index (χ2v) is 8.90. The largest absolute Gasteiger partial charge is 0.367 e. The molecule has 0 radical (unpaired) electrons. The molecule has 2 aliphatic heterocycles. The number of amides is 1. The second kappa shape index (κ2) is 9.74. The summed E-state index contributed by atoms with van der Waals surface area (Å²) < 4.78 is 0. The van der Waals surface area contributed by atoms with Crippen molar-refractivity contribution in [3.63, 3.8) is 0 Å². The molecule has 2 N–H and O–H groups in total. The smallest absolute Gasteiger partial charge is 0.220 e. The molecule has 0 bridgehead atoms. The Morgan fingerprint density at radius 1 is 1.17 bits per heavy atom. The highest BCUT2D eigenvalue weighted by Crippen LogP contribution is 2.28. The Labute approximate surface area is 174 Å². The van der Waals surface area contributed by atoms with Gasteiger partial charge in [0.2, 0.25) is 5.91 Å². The second-order valence-electron chi connectivity index (χ2n) is 8.90. The predicted octanol–water partition coefficient (Wildman–Crippen LogP) is 2.65. The molecule has 160 valence electrons. The SMILES string of the molecule is CCN1CCC[C@@H]1CNC(=O)CC[C@H]1CCCN(c2cc(NC3CC3)ncn2)C1. The lowest BCUT2D eigenvalue weighted by Crippen LogP contribution is -2.40. The molecule has 1 saturated carbocycles. The number of hydrogen-bond acceptors (Lipinski definition) is 6. The van der Waals surface area contributed by atoms with Crippen LogP contribution < -0.4 is 15.5 Å². The molecular weight excluding hydrogens is 364 g/mol. The summed E-state index contributed by atoms with van der Waals surface area (Å²) in [5.74, 6) is 2.72. The van der Waals surface area contributed by atoms with E-state index in [0.717, 1.165) is 50.7 Å². The van der Waals surface area contributed by atoms with Gasteiger partial charge in [0.25, 0.3) is 0 Å². The highest BCUT2D eigenvalue weighted by molar-refractivity contribution is 5.75. The van der Waals surface area contributed by atoms with E-state index in [1.165, 1.54) is 38.6 Å². The first-order valence-corrected chi connectivity index (χ1v) is 11.6. The van der Waals surface area contributed by atoms with Crippen LogP contribution in [-0.2, 0) is 4.79 Å². The van der Waals surface area contributed by atoms with Crippen LogP contribution >= 0.6 is 0 Å². The van der Waals surface area contributed by atoms with Crippen LogP contribution in [0.15, 0.2) is 12.4 Å². The number of carbonyl (C=O) groups is 1. The normalized spacial score (nSPS) is 25.2. The molecule has 3 aliphatic rings. The van der Waals surface area contributed by atoms with Gasteiger partial charge in [-0.05, 0) is 64.0 Å². The molecule has 1 aromatic rings. The van der Waals surface area contributed by atoms with Gasteiger partial charge in [0.15, 0.2) is 0 Å². The van der Waals surface area contributed by atoms with E-state index in [1.807, 2.05) is 0 Å². The fourth-order valence-corrected chi connectivity index (χ4v) is 4.74. The first-order valence-electron chi connectivity index (χ1n) is 11.6. The van der Waals surface area contributed by atoms with E-state index in [-0.39, 0.29) is 5.91 Å². The molecule has 3 heterocycles. The van der Waals surface area contributed by atoms with Gasteiger partial charge in [-0.3, -0.25) is 9.69 Å². The van der Waals surface area contributed by atoms with Crippen LogP contribution in [0.4, 0.5) is 11.6 Å². The summed E-state index contributed by atoms with van der Waals surface area (Å²) in [5, 5.41) is 6.64. The summed E-state index contributed by atoms with van der Waals surface area (Å²) in [6, 6.07) is 3.21. The number of anilines is 2. The van der Waals surface area contributed by atoms with Gasteiger partial charge in [-0.15, -0.1) is 0 Å².